The van der Waals surface area contributed by atoms with Crippen LogP contribution >= 0.6 is 0 Å². The first-order valence-electron chi connectivity index (χ1n) is 7.36. The summed E-state index contributed by atoms with van der Waals surface area (Å²) in [7, 11) is 0. The van der Waals surface area contributed by atoms with E-state index in [0.717, 1.165) is 0 Å². The fraction of sp³-hybridized carbons (Fsp3) is 0.222. The second-order valence-corrected chi connectivity index (χ2v) is 4.60. The van der Waals surface area contributed by atoms with E-state index in [0.29, 0.717) is 23.5 Å². The minimum Gasteiger partial charge on any atom is -0.494 e. The number of carbonyl (C=O) groups is 2. The maximum atomic E-state index is 12.2. The standard InChI is InChI=1S/C18H18O5/c1-3-21-15-9-5-8-14(11-15)18(20)23-16-10-6-7-13(12-16)17(19)22-4-2/h5-12H,3-4H2,1-2H3. The molecule has 0 aliphatic carbocycles. The molecule has 0 atom stereocenters. The highest BCUT2D eigenvalue weighted by Gasteiger charge is 2.12. The second kappa shape index (κ2) is 7.98. The van der Waals surface area contributed by atoms with Crippen molar-refractivity contribution in [3.8, 4) is 11.5 Å². The molecule has 2 rings (SSSR count). The lowest BCUT2D eigenvalue weighted by atomic mass is 10.2. The van der Waals surface area contributed by atoms with Gasteiger partial charge in [-0.1, -0.05) is 12.1 Å². The van der Waals surface area contributed by atoms with Gasteiger partial charge in [-0.3, -0.25) is 0 Å². The van der Waals surface area contributed by atoms with Gasteiger partial charge in [0.1, 0.15) is 11.5 Å². The number of carbonyl (C=O) groups excluding carboxylic acids is 2. The Morgan fingerprint density at radius 3 is 2.09 bits per heavy atom. The SMILES string of the molecule is CCOC(=O)c1cccc(OC(=O)c2cccc(OCC)c2)c1. The van der Waals surface area contributed by atoms with E-state index in [2.05, 4.69) is 0 Å². The molecule has 0 radical (unpaired) electrons. The summed E-state index contributed by atoms with van der Waals surface area (Å²) in [4.78, 5) is 23.9. The molecule has 0 aliphatic rings. The molecule has 0 saturated heterocycles. The van der Waals surface area contributed by atoms with Gasteiger partial charge in [0.15, 0.2) is 0 Å². The lowest BCUT2D eigenvalue weighted by Crippen LogP contribution is -2.10. The molecule has 120 valence electrons. The molecular formula is C18H18O5. The quantitative estimate of drug-likeness (QED) is 0.603. The molecule has 0 saturated carbocycles. The molecule has 0 amide bonds. The van der Waals surface area contributed by atoms with E-state index in [-0.39, 0.29) is 12.4 Å². The molecule has 0 heterocycles. The zero-order valence-electron chi connectivity index (χ0n) is 13.1. The van der Waals surface area contributed by atoms with Crippen LogP contribution in [-0.4, -0.2) is 25.2 Å². The van der Waals surface area contributed by atoms with Gasteiger partial charge in [-0.05, 0) is 50.2 Å². The number of benzene rings is 2. The van der Waals surface area contributed by atoms with Gasteiger partial charge >= 0.3 is 11.9 Å². The average Bonchev–Trinajstić information content (AvgIpc) is 2.56. The van der Waals surface area contributed by atoms with Crippen molar-refractivity contribution in [3.05, 3.63) is 59.7 Å². The minimum absolute atomic E-state index is 0.280. The van der Waals surface area contributed by atoms with Crippen LogP contribution < -0.4 is 9.47 Å². The van der Waals surface area contributed by atoms with Gasteiger partial charge in [0, 0.05) is 0 Å². The van der Waals surface area contributed by atoms with E-state index in [1.807, 2.05) is 6.92 Å². The molecule has 5 heteroatoms. The Morgan fingerprint density at radius 2 is 1.43 bits per heavy atom. The van der Waals surface area contributed by atoms with Crippen LogP contribution in [0, 0.1) is 0 Å². The Kier molecular flexibility index (Phi) is 5.74. The van der Waals surface area contributed by atoms with Crippen molar-refractivity contribution >= 4 is 11.9 Å². The summed E-state index contributed by atoms with van der Waals surface area (Å²) in [6.07, 6.45) is 0. The third-order valence-electron chi connectivity index (χ3n) is 2.94. The summed E-state index contributed by atoms with van der Waals surface area (Å²) in [5.74, 6) is -0.0964. The zero-order valence-corrected chi connectivity index (χ0v) is 13.1. The lowest BCUT2D eigenvalue weighted by molar-refractivity contribution is 0.0524. The molecular weight excluding hydrogens is 296 g/mol. The van der Waals surface area contributed by atoms with Gasteiger partial charge in [-0.25, -0.2) is 9.59 Å². The van der Waals surface area contributed by atoms with Gasteiger partial charge in [-0.2, -0.15) is 0 Å². The number of ether oxygens (including phenoxy) is 3. The highest BCUT2D eigenvalue weighted by atomic mass is 16.5. The van der Waals surface area contributed by atoms with Crippen LogP contribution in [0.25, 0.3) is 0 Å². The van der Waals surface area contributed by atoms with Crippen molar-refractivity contribution < 1.29 is 23.8 Å². The molecule has 23 heavy (non-hydrogen) atoms. The Labute approximate surface area is 134 Å². The fourth-order valence-corrected chi connectivity index (χ4v) is 1.95. The van der Waals surface area contributed by atoms with Crippen molar-refractivity contribution in [2.45, 2.75) is 13.8 Å². The summed E-state index contributed by atoms with van der Waals surface area (Å²) >= 11 is 0. The predicted molar refractivity (Wildman–Crippen MR) is 85.0 cm³/mol. The molecule has 2 aromatic rings. The predicted octanol–water partition coefficient (Wildman–Crippen LogP) is 3.48. The molecule has 0 bridgehead atoms. The van der Waals surface area contributed by atoms with Crippen molar-refractivity contribution in [1.29, 1.82) is 0 Å². The third kappa shape index (κ3) is 4.57. The van der Waals surface area contributed by atoms with Crippen molar-refractivity contribution in [2.24, 2.45) is 0 Å². The van der Waals surface area contributed by atoms with E-state index in [9.17, 15) is 9.59 Å². The Bertz CT molecular complexity index is 693. The number of hydrogen-bond donors (Lipinski definition) is 0. The highest BCUT2D eigenvalue weighted by Crippen LogP contribution is 2.18. The topological polar surface area (TPSA) is 61.8 Å². The molecule has 2 aromatic carbocycles. The number of hydrogen-bond acceptors (Lipinski definition) is 5. The second-order valence-electron chi connectivity index (χ2n) is 4.60. The van der Waals surface area contributed by atoms with Crippen LogP contribution in [-0.2, 0) is 4.74 Å². The molecule has 0 aliphatic heterocycles. The van der Waals surface area contributed by atoms with Crippen LogP contribution in [0.1, 0.15) is 34.6 Å². The molecule has 0 unspecified atom stereocenters. The smallest absolute Gasteiger partial charge is 0.343 e. The normalized spacial score (nSPS) is 10.0. The van der Waals surface area contributed by atoms with Crippen molar-refractivity contribution in [3.63, 3.8) is 0 Å². The number of rotatable bonds is 6. The van der Waals surface area contributed by atoms with Gasteiger partial charge in [0.25, 0.3) is 0 Å². The number of esters is 2. The fourth-order valence-electron chi connectivity index (χ4n) is 1.95. The molecule has 0 aromatic heterocycles. The largest absolute Gasteiger partial charge is 0.494 e. The summed E-state index contributed by atoms with van der Waals surface area (Å²) in [6.45, 7) is 4.40. The van der Waals surface area contributed by atoms with Crippen molar-refractivity contribution in [1.82, 2.24) is 0 Å². The summed E-state index contributed by atoms with van der Waals surface area (Å²) in [6, 6.07) is 13.0. The maximum Gasteiger partial charge on any atom is 0.343 e. The Morgan fingerprint density at radius 1 is 0.826 bits per heavy atom. The molecule has 0 fully saturated rings. The van der Waals surface area contributed by atoms with Gasteiger partial charge < -0.3 is 14.2 Å². The minimum atomic E-state index is -0.521. The van der Waals surface area contributed by atoms with E-state index in [4.69, 9.17) is 14.2 Å². The highest BCUT2D eigenvalue weighted by molar-refractivity contribution is 5.93. The molecule has 0 N–H and O–H groups in total. The third-order valence-corrected chi connectivity index (χ3v) is 2.94. The molecule has 0 spiro atoms. The van der Waals surface area contributed by atoms with E-state index in [1.165, 1.54) is 6.07 Å². The van der Waals surface area contributed by atoms with Gasteiger partial charge in [0.05, 0.1) is 24.3 Å². The maximum absolute atomic E-state index is 12.2. The summed E-state index contributed by atoms with van der Waals surface area (Å²) in [5.41, 5.74) is 0.706. The van der Waals surface area contributed by atoms with Crippen LogP contribution in [0.4, 0.5) is 0 Å². The van der Waals surface area contributed by atoms with Gasteiger partial charge in [-0.15, -0.1) is 0 Å². The first-order valence-corrected chi connectivity index (χ1v) is 7.36. The monoisotopic (exact) mass is 314 g/mol. The van der Waals surface area contributed by atoms with Crippen LogP contribution in [0.3, 0.4) is 0 Å². The van der Waals surface area contributed by atoms with E-state index in [1.54, 1.807) is 49.4 Å². The van der Waals surface area contributed by atoms with Crippen molar-refractivity contribution in [2.75, 3.05) is 13.2 Å². The Hall–Kier alpha value is -2.82. The van der Waals surface area contributed by atoms with Gasteiger partial charge in [0.2, 0.25) is 0 Å². The first kappa shape index (κ1) is 16.5. The summed E-state index contributed by atoms with van der Waals surface area (Å²) in [5, 5.41) is 0. The van der Waals surface area contributed by atoms with Crippen LogP contribution in [0.15, 0.2) is 48.5 Å². The lowest BCUT2D eigenvalue weighted by Gasteiger charge is -2.08. The van der Waals surface area contributed by atoms with Crippen LogP contribution in [0.2, 0.25) is 0 Å². The summed E-state index contributed by atoms with van der Waals surface area (Å²) < 4.78 is 15.6. The average molecular weight is 314 g/mol. The van der Waals surface area contributed by atoms with Crippen LogP contribution in [0.5, 0.6) is 11.5 Å². The zero-order chi connectivity index (χ0) is 16.7. The Balaban J connectivity index is 2.12. The van der Waals surface area contributed by atoms with E-state index < -0.39 is 11.9 Å². The van der Waals surface area contributed by atoms with E-state index >= 15 is 0 Å². The molecule has 5 nitrogen and oxygen atoms in total. The first-order chi connectivity index (χ1) is 11.1.